The van der Waals surface area contributed by atoms with Gasteiger partial charge >= 0.3 is 0 Å². The first-order valence-electron chi connectivity index (χ1n) is 7.18. The zero-order valence-electron chi connectivity index (χ0n) is 12.8. The summed E-state index contributed by atoms with van der Waals surface area (Å²) in [6.07, 6.45) is 0. The second kappa shape index (κ2) is 7.26. The minimum atomic E-state index is -3.83. The van der Waals surface area contributed by atoms with Crippen LogP contribution in [0.1, 0.15) is 9.67 Å². The summed E-state index contributed by atoms with van der Waals surface area (Å²) in [6.45, 7) is 0. The van der Waals surface area contributed by atoms with E-state index in [9.17, 15) is 13.2 Å². The number of benzene rings is 2. The molecule has 2 N–H and O–H groups in total. The molecule has 0 spiro atoms. The molecule has 1 heterocycles. The fourth-order valence-corrected chi connectivity index (χ4v) is 4.07. The third-order valence-corrected chi connectivity index (χ3v) is 5.83. The summed E-state index contributed by atoms with van der Waals surface area (Å²) in [5.74, 6) is -0.288. The summed E-state index contributed by atoms with van der Waals surface area (Å²) in [4.78, 5) is 12.7. The zero-order valence-corrected chi connectivity index (χ0v) is 15.2. The molecule has 0 saturated heterocycles. The van der Waals surface area contributed by atoms with Crippen LogP contribution in [0.25, 0.3) is 0 Å². The van der Waals surface area contributed by atoms with Crippen molar-refractivity contribution >= 4 is 50.2 Å². The fraction of sp³-hybridized carbons (Fsp3) is 0. The predicted octanol–water partition coefficient (Wildman–Crippen LogP) is 4.45. The van der Waals surface area contributed by atoms with Crippen LogP contribution in [0.3, 0.4) is 0 Å². The highest BCUT2D eigenvalue weighted by Crippen LogP contribution is 2.25. The van der Waals surface area contributed by atoms with Crippen molar-refractivity contribution in [1.29, 1.82) is 0 Å². The summed E-state index contributed by atoms with van der Waals surface area (Å²) in [6, 6.07) is 16.0. The van der Waals surface area contributed by atoms with Crippen molar-refractivity contribution in [2.45, 2.75) is 4.90 Å². The van der Waals surface area contributed by atoms with E-state index in [0.29, 0.717) is 15.6 Å². The molecule has 0 saturated carbocycles. The van der Waals surface area contributed by atoms with Gasteiger partial charge in [0, 0.05) is 5.69 Å². The van der Waals surface area contributed by atoms with Gasteiger partial charge in [0.15, 0.2) is 0 Å². The molecule has 0 atom stereocenters. The van der Waals surface area contributed by atoms with Crippen molar-refractivity contribution in [2.24, 2.45) is 0 Å². The van der Waals surface area contributed by atoms with Gasteiger partial charge in [0.2, 0.25) is 0 Å². The second-order valence-corrected chi connectivity index (χ2v) is 8.08. The maximum absolute atomic E-state index is 12.5. The lowest BCUT2D eigenvalue weighted by molar-refractivity contribution is 0.103. The third kappa shape index (κ3) is 4.19. The Morgan fingerprint density at radius 1 is 1.00 bits per heavy atom. The van der Waals surface area contributed by atoms with Gasteiger partial charge < -0.3 is 5.32 Å². The second-order valence-electron chi connectivity index (χ2n) is 5.04. The summed E-state index contributed by atoms with van der Waals surface area (Å²) in [5, 5.41) is 4.78. The lowest BCUT2D eigenvalue weighted by Crippen LogP contribution is -2.14. The van der Waals surface area contributed by atoms with Crippen molar-refractivity contribution in [3.63, 3.8) is 0 Å². The van der Waals surface area contributed by atoms with Crippen molar-refractivity contribution < 1.29 is 13.2 Å². The van der Waals surface area contributed by atoms with E-state index < -0.39 is 10.0 Å². The molecule has 1 aromatic heterocycles. The lowest BCUT2D eigenvalue weighted by Gasteiger charge is -2.11. The molecule has 25 heavy (non-hydrogen) atoms. The number of thiophene rings is 1. The van der Waals surface area contributed by atoms with Crippen LogP contribution >= 0.6 is 22.9 Å². The molecule has 1 amide bonds. The predicted molar refractivity (Wildman–Crippen MR) is 101 cm³/mol. The van der Waals surface area contributed by atoms with Crippen molar-refractivity contribution in [3.8, 4) is 0 Å². The van der Waals surface area contributed by atoms with E-state index >= 15 is 0 Å². The van der Waals surface area contributed by atoms with Gasteiger partial charge in [0.05, 0.1) is 20.5 Å². The van der Waals surface area contributed by atoms with Gasteiger partial charge in [-0.1, -0.05) is 35.9 Å². The third-order valence-electron chi connectivity index (χ3n) is 3.27. The molecule has 0 unspecified atom stereocenters. The molecule has 3 aromatic rings. The zero-order chi connectivity index (χ0) is 17.9. The number of rotatable bonds is 5. The first kappa shape index (κ1) is 17.5. The van der Waals surface area contributed by atoms with Crippen LogP contribution in [-0.2, 0) is 10.0 Å². The quantitative estimate of drug-likeness (QED) is 0.673. The number of nitrogens with one attached hydrogen (secondary N) is 2. The van der Waals surface area contributed by atoms with Crippen molar-refractivity contribution in [3.05, 3.63) is 75.9 Å². The molecule has 8 heteroatoms. The molecule has 0 bridgehead atoms. The smallest absolute Gasteiger partial charge is 0.265 e. The number of hydrogen-bond donors (Lipinski definition) is 2. The maximum atomic E-state index is 12.5. The van der Waals surface area contributed by atoms with E-state index in [2.05, 4.69) is 10.0 Å². The van der Waals surface area contributed by atoms with Crippen LogP contribution < -0.4 is 10.0 Å². The van der Waals surface area contributed by atoms with Crippen LogP contribution in [0.5, 0.6) is 0 Å². The van der Waals surface area contributed by atoms with Crippen molar-refractivity contribution in [2.75, 3.05) is 10.0 Å². The molecule has 3 rings (SSSR count). The Morgan fingerprint density at radius 3 is 2.52 bits per heavy atom. The van der Waals surface area contributed by atoms with Crippen LogP contribution in [0.15, 0.2) is 70.9 Å². The summed E-state index contributed by atoms with van der Waals surface area (Å²) < 4.78 is 27.5. The Bertz CT molecular complexity index is 1000. The highest BCUT2D eigenvalue weighted by molar-refractivity contribution is 7.92. The van der Waals surface area contributed by atoms with Gasteiger partial charge in [-0.3, -0.25) is 9.52 Å². The lowest BCUT2D eigenvalue weighted by atomic mass is 10.3. The average molecular weight is 393 g/mol. The number of carbonyl (C=O) groups is 1. The minimum Gasteiger partial charge on any atom is -0.321 e. The molecular formula is C17H13ClN2O3S2. The van der Waals surface area contributed by atoms with Crippen molar-refractivity contribution in [1.82, 2.24) is 0 Å². The molecule has 0 aliphatic rings. The molecule has 0 fully saturated rings. The van der Waals surface area contributed by atoms with Gasteiger partial charge in [-0.25, -0.2) is 8.42 Å². The van der Waals surface area contributed by atoms with E-state index in [1.807, 2.05) is 0 Å². The molecule has 0 radical (unpaired) electrons. The Balaban J connectivity index is 1.83. The Kier molecular flexibility index (Phi) is 5.08. The Morgan fingerprint density at radius 2 is 1.80 bits per heavy atom. The minimum absolute atomic E-state index is 0.0244. The van der Waals surface area contributed by atoms with Crippen LogP contribution in [0.2, 0.25) is 5.02 Å². The van der Waals surface area contributed by atoms with Gasteiger partial charge in [-0.15, -0.1) is 11.3 Å². The first-order chi connectivity index (χ1) is 12.0. The van der Waals surface area contributed by atoms with Crippen LogP contribution in [0.4, 0.5) is 11.4 Å². The van der Waals surface area contributed by atoms with E-state index in [-0.39, 0.29) is 16.5 Å². The highest BCUT2D eigenvalue weighted by Gasteiger charge is 2.17. The Hall–Kier alpha value is -2.35. The average Bonchev–Trinajstić information content (AvgIpc) is 3.12. The van der Waals surface area contributed by atoms with E-state index in [1.54, 1.807) is 53.9 Å². The normalized spacial score (nSPS) is 11.1. The number of carbonyl (C=O) groups excluding carboxylic acids is 1. The number of anilines is 2. The number of amides is 1. The number of hydrogen-bond acceptors (Lipinski definition) is 4. The molecule has 2 aromatic carbocycles. The molecule has 0 aliphatic heterocycles. The number of para-hydroxylation sites is 1. The topological polar surface area (TPSA) is 75.3 Å². The van der Waals surface area contributed by atoms with Crippen LogP contribution in [-0.4, -0.2) is 14.3 Å². The standard InChI is InChI=1S/C17H13ClN2O3S2/c18-14-7-1-2-8-15(14)20-25(22,23)13-6-3-5-12(11-13)19-17(21)16-9-4-10-24-16/h1-11,20H,(H,19,21). The Labute approximate surface area is 154 Å². The highest BCUT2D eigenvalue weighted by atomic mass is 35.5. The van der Waals surface area contributed by atoms with Gasteiger partial charge in [0.1, 0.15) is 0 Å². The summed E-state index contributed by atoms with van der Waals surface area (Å²) in [5.41, 5.74) is 0.678. The number of halogens is 1. The van der Waals surface area contributed by atoms with E-state index in [1.165, 1.54) is 23.5 Å². The molecule has 0 aliphatic carbocycles. The summed E-state index contributed by atoms with van der Waals surface area (Å²) in [7, 11) is -3.83. The fourth-order valence-electron chi connectivity index (χ4n) is 2.09. The van der Waals surface area contributed by atoms with Gasteiger partial charge in [-0.05, 0) is 41.8 Å². The molecular weight excluding hydrogens is 380 g/mol. The van der Waals surface area contributed by atoms with E-state index in [0.717, 1.165) is 0 Å². The van der Waals surface area contributed by atoms with Gasteiger partial charge in [-0.2, -0.15) is 0 Å². The SMILES string of the molecule is O=C(Nc1cccc(S(=O)(=O)Nc2ccccc2Cl)c1)c1cccs1. The van der Waals surface area contributed by atoms with Crippen LogP contribution in [0, 0.1) is 0 Å². The first-order valence-corrected chi connectivity index (χ1v) is 9.92. The molecule has 5 nitrogen and oxygen atoms in total. The van der Waals surface area contributed by atoms with E-state index in [4.69, 9.17) is 11.6 Å². The summed E-state index contributed by atoms with van der Waals surface area (Å²) >= 11 is 7.30. The largest absolute Gasteiger partial charge is 0.321 e. The maximum Gasteiger partial charge on any atom is 0.265 e. The molecule has 128 valence electrons. The monoisotopic (exact) mass is 392 g/mol. The number of sulfonamides is 1. The van der Waals surface area contributed by atoms with Gasteiger partial charge in [0.25, 0.3) is 15.9 Å².